The molecule has 0 saturated carbocycles. The summed E-state index contributed by atoms with van der Waals surface area (Å²) in [4.78, 5) is 3.21. The average Bonchev–Trinajstić information content (AvgIpc) is 2.76. The van der Waals surface area contributed by atoms with E-state index in [-0.39, 0.29) is 0 Å². The summed E-state index contributed by atoms with van der Waals surface area (Å²) in [7, 11) is 0. The first kappa shape index (κ1) is 12.6. The molecule has 0 unspecified atom stereocenters. The van der Waals surface area contributed by atoms with Crippen LogP contribution in [0.25, 0.3) is 16.7 Å². The zero-order chi connectivity index (χ0) is 14.3. The van der Waals surface area contributed by atoms with Crippen LogP contribution in [-0.4, -0.2) is 9.55 Å². The third-order valence-corrected chi connectivity index (χ3v) is 3.79. The topological polar surface area (TPSA) is 44.5 Å². The van der Waals surface area contributed by atoms with Crippen LogP contribution in [0, 0.1) is 29.9 Å². The van der Waals surface area contributed by atoms with Crippen molar-refractivity contribution in [3.05, 3.63) is 57.9 Å². The van der Waals surface area contributed by atoms with Gasteiger partial charge in [-0.3, -0.25) is 4.57 Å². The molecule has 0 aliphatic heterocycles. The Morgan fingerprint density at radius 3 is 2.55 bits per heavy atom. The van der Waals surface area contributed by atoms with E-state index < -0.39 is 0 Å². The van der Waals surface area contributed by atoms with E-state index in [4.69, 9.17) is 12.2 Å². The normalized spacial score (nSPS) is 10.7. The number of hydrogen-bond donors (Lipinski definition) is 1. The van der Waals surface area contributed by atoms with Crippen LogP contribution in [0.2, 0.25) is 0 Å². The molecule has 20 heavy (non-hydrogen) atoms. The quantitative estimate of drug-likeness (QED) is 0.679. The van der Waals surface area contributed by atoms with Gasteiger partial charge in [-0.15, -0.1) is 0 Å². The molecule has 3 nitrogen and oxygen atoms in total. The number of imidazole rings is 1. The Kier molecular flexibility index (Phi) is 2.92. The molecule has 2 aromatic carbocycles. The Bertz CT molecular complexity index is 910. The minimum Gasteiger partial charge on any atom is -0.330 e. The number of fused-ring (bicyclic) bond motifs is 1. The Balaban J connectivity index is 2.49. The van der Waals surface area contributed by atoms with Gasteiger partial charge in [0.05, 0.1) is 22.3 Å². The molecule has 0 atom stereocenters. The molecule has 0 saturated heterocycles. The standard InChI is InChI=1S/C16H13N3S/c1-10-5-4-8-14(12(10)9-17)19-15-11(2)6-3-7-13(15)18-16(19)20/h3-8H,1-2H3,(H,18,20). The van der Waals surface area contributed by atoms with Gasteiger partial charge in [0, 0.05) is 0 Å². The SMILES string of the molecule is Cc1cccc(-n2c(=S)[nH]c3cccc(C)c32)c1C#N. The van der Waals surface area contributed by atoms with Gasteiger partial charge in [0.1, 0.15) is 6.07 Å². The number of rotatable bonds is 1. The lowest BCUT2D eigenvalue weighted by Crippen LogP contribution is -2.00. The summed E-state index contributed by atoms with van der Waals surface area (Å²) in [5.74, 6) is 0. The number of para-hydroxylation sites is 1. The molecule has 3 aromatic rings. The van der Waals surface area contributed by atoms with Gasteiger partial charge in [-0.05, 0) is 49.3 Å². The van der Waals surface area contributed by atoms with E-state index in [1.165, 1.54) is 0 Å². The highest BCUT2D eigenvalue weighted by Crippen LogP contribution is 2.25. The zero-order valence-electron chi connectivity index (χ0n) is 11.3. The van der Waals surface area contributed by atoms with Crippen molar-refractivity contribution in [1.29, 1.82) is 5.26 Å². The predicted octanol–water partition coefficient (Wildman–Crippen LogP) is 4.18. The molecule has 0 radical (unpaired) electrons. The number of nitriles is 1. The Hall–Kier alpha value is -2.38. The first-order chi connectivity index (χ1) is 9.63. The maximum Gasteiger partial charge on any atom is 0.182 e. The Morgan fingerprint density at radius 2 is 1.80 bits per heavy atom. The molecule has 1 N–H and O–H groups in total. The fraction of sp³-hybridized carbons (Fsp3) is 0.125. The number of benzene rings is 2. The zero-order valence-corrected chi connectivity index (χ0v) is 12.1. The van der Waals surface area contributed by atoms with Crippen LogP contribution in [-0.2, 0) is 0 Å². The third kappa shape index (κ3) is 1.75. The molecule has 1 heterocycles. The van der Waals surface area contributed by atoms with E-state index in [2.05, 4.69) is 11.1 Å². The first-order valence-electron chi connectivity index (χ1n) is 6.34. The molecule has 0 fully saturated rings. The smallest absolute Gasteiger partial charge is 0.182 e. The van der Waals surface area contributed by atoms with E-state index in [0.717, 1.165) is 27.8 Å². The minimum atomic E-state index is 0.608. The third-order valence-electron chi connectivity index (χ3n) is 3.51. The summed E-state index contributed by atoms with van der Waals surface area (Å²) in [6.45, 7) is 3.98. The van der Waals surface area contributed by atoms with Gasteiger partial charge in [0.25, 0.3) is 0 Å². The van der Waals surface area contributed by atoms with E-state index in [1.807, 2.05) is 54.8 Å². The summed E-state index contributed by atoms with van der Waals surface area (Å²) in [5.41, 5.74) is 5.58. The highest BCUT2D eigenvalue weighted by atomic mass is 32.1. The average molecular weight is 279 g/mol. The van der Waals surface area contributed by atoms with Gasteiger partial charge in [-0.25, -0.2) is 0 Å². The second-order valence-corrected chi connectivity index (χ2v) is 5.20. The van der Waals surface area contributed by atoms with Gasteiger partial charge in [0.2, 0.25) is 0 Å². The fourth-order valence-electron chi connectivity index (χ4n) is 2.54. The van der Waals surface area contributed by atoms with Crippen molar-refractivity contribution < 1.29 is 0 Å². The number of nitrogens with zero attached hydrogens (tertiary/aromatic N) is 2. The highest BCUT2D eigenvalue weighted by Gasteiger charge is 2.13. The molecule has 0 amide bonds. The second kappa shape index (κ2) is 4.62. The molecular weight excluding hydrogens is 266 g/mol. The van der Waals surface area contributed by atoms with Crippen LogP contribution in [0.5, 0.6) is 0 Å². The van der Waals surface area contributed by atoms with Gasteiger partial charge in [-0.2, -0.15) is 5.26 Å². The van der Waals surface area contributed by atoms with Crippen molar-refractivity contribution in [2.24, 2.45) is 0 Å². The summed E-state index contributed by atoms with van der Waals surface area (Å²) < 4.78 is 2.56. The molecule has 0 bridgehead atoms. The largest absolute Gasteiger partial charge is 0.330 e. The number of aromatic nitrogens is 2. The van der Waals surface area contributed by atoms with Crippen LogP contribution in [0.1, 0.15) is 16.7 Å². The maximum atomic E-state index is 9.42. The minimum absolute atomic E-state index is 0.608. The highest BCUT2D eigenvalue weighted by molar-refractivity contribution is 7.71. The van der Waals surface area contributed by atoms with Crippen LogP contribution < -0.4 is 0 Å². The van der Waals surface area contributed by atoms with E-state index in [9.17, 15) is 5.26 Å². The summed E-state index contributed by atoms with van der Waals surface area (Å²) in [5, 5.41) is 9.42. The van der Waals surface area contributed by atoms with Gasteiger partial charge in [-0.1, -0.05) is 24.3 Å². The summed E-state index contributed by atoms with van der Waals surface area (Å²) in [6.07, 6.45) is 0. The number of hydrogen-bond acceptors (Lipinski definition) is 2. The van der Waals surface area contributed by atoms with E-state index >= 15 is 0 Å². The number of aryl methyl sites for hydroxylation is 2. The fourth-order valence-corrected chi connectivity index (χ4v) is 2.84. The lowest BCUT2D eigenvalue weighted by atomic mass is 10.1. The van der Waals surface area contributed by atoms with Crippen LogP contribution in [0.3, 0.4) is 0 Å². The van der Waals surface area contributed by atoms with Gasteiger partial charge < -0.3 is 4.98 Å². The Labute approximate surface area is 122 Å². The molecule has 0 spiro atoms. The van der Waals surface area contributed by atoms with Gasteiger partial charge in [0.15, 0.2) is 4.77 Å². The number of nitrogens with one attached hydrogen (secondary N) is 1. The van der Waals surface area contributed by atoms with Crippen molar-refractivity contribution in [3.8, 4) is 11.8 Å². The van der Waals surface area contributed by atoms with E-state index in [1.54, 1.807) is 0 Å². The number of aromatic amines is 1. The molecule has 0 aliphatic rings. The van der Waals surface area contributed by atoms with Crippen molar-refractivity contribution in [2.75, 3.05) is 0 Å². The molecule has 98 valence electrons. The molecular formula is C16H13N3S. The van der Waals surface area contributed by atoms with Crippen molar-refractivity contribution >= 4 is 23.3 Å². The summed E-state index contributed by atoms with van der Waals surface area (Å²) in [6, 6.07) is 14.1. The Morgan fingerprint density at radius 1 is 1.10 bits per heavy atom. The molecule has 0 aliphatic carbocycles. The molecule has 1 aromatic heterocycles. The predicted molar refractivity (Wildman–Crippen MR) is 82.6 cm³/mol. The van der Waals surface area contributed by atoms with Gasteiger partial charge >= 0.3 is 0 Å². The van der Waals surface area contributed by atoms with Crippen molar-refractivity contribution in [1.82, 2.24) is 9.55 Å². The first-order valence-corrected chi connectivity index (χ1v) is 6.74. The lowest BCUT2D eigenvalue weighted by Gasteiger charge is -2.10. The molecule has 3 rings (SSSR count). The van der Waals surface area contributed by atoms with Crippen molar-refractivity contribution in [3.63, 3.8) is 0 Å². The second-order valence-electron chi connectivity index (χ2n) is 4.82. The molecule has 4 heteroatoms. The summed E-state index contributed by atoms with van der Waals surface area (Å²) >= 11 is 5.44. The maximum absolute atomic E-state index is 9.42. The van der Waals surface area contributed by atoms with Crippen LogP contribution >= 0.6 is 12.2 Å². The number of H-pyrrole nitrogens is 1. The van der Waals surface area contributed by atoms with Crippen molar-refractivity contribution in [2.45, 2.75) is 13.8 Å². The van der Waals surface area contributed by atoms with E-state index in [0.29, 0.717) is 10.3 Å². The lowest BCUT2D eigenvalue weighted by molar-refractivity contribution is 1.05. The monoisotopic (exact) mass is 279 g/mol. The van der Waals surface area contributed by atoms with Crippen LogP contribution in [0.4, 0.5) is 0 Å². The van der Waals surface area contributed by atoms with Crippen LogP contribution in [0.15, 0.2) is 36.4 Å².